The third kappa shape index (κ3) is 9.97. The molecule has 1 atom stereocenters. The van der Waals surface area contributed by atoms with Gasteiger partial charge in [0.15, 0.2) is 0 Å². The Morgan fingerprint density at radius 2 is 1.77 bits per heavy atom. The van der Waals surface area contributed by atoms with Crippen LogP contribution in [-0.4, -0.2) is 38.3 Å². The van der Waals surface area contributed by atoms with Crippen molar-refractivity contribution >= 4 is 0 Å². The van der Waals surface area contributed by atoms with Gasteiger partial charge in [-0.3, -0.25) is 4.90 Å². The van der Waals surface area contributed by atoms with Crippen molar-refractivity contribution in [3.8, 4) is 0 Å². The van der Waals surface area contributed by atoms with E-state index < -0.39 is 10.2 Å². The van der Waals surface area contributed by atoms with Crippen LogP contribution in [-0.2, 0) is 0 Å². The first-order valence-corrected chi connectivity index (χ1v) is 5.20. The molecule has 0 bridgehead atoms. The lowest BCUT2D eigenvalue weighted by Crippen LogP contribution is -3.10. The minimum Gasteiger partial charge on any atom is -0.322 e. The van der Waals surface area contributed by atoms with Gasteiger partial charge in [-0.05, 0) is 14.0 Å². The molecule has 1 unspecified atom stereocenters. The molecule has 0 aromatic rings. The average Bonchev–Trinajstić information content (AvgIpc) is 2.31. The number of likely N-dealkylation sites (N-methyl/N-ethyl adjacent to an activating group) is 2. The minimum atomic E-state index is -4.94. The van der Waals surface area contributed by atoms with Crippen LogP contribution in [0, 0.1) is 10.2 Å². The maximum Gasteiger partial charge on any atom is 0.133 e. The van der Waals surface area contributed by atoms with E-state index >= 15 is 0 Å². The van der Waals surface area contributed by atoms with Crippen LogP contribution in [0.15, 0.2) is 0 Å². The molecule has 0 aromatic carbocycles. The summed E-state index contributed by atoms with van der Waals surface area (Å²) in [5.74, 6) is 0. The Hall–Kier alpha value is 0.0500. The van der Waals surface area contributed by atoms with Crippen molar-refractivity contribution < 1.29 is 33.8 Å². The van der Waals surface area contributed by atoms with Gasteiger partial charge >= 0.3 is 0 Å². The molecule has 1 aliphatic heterocycles. The van der Waals surface area contributed by atoms with Gasteiger partial charge in [0, 0.05) is 0 Å². The molecule has 6 nitrogen and oxygen atoms in total. The topological polar surface area (TPSA) is 99.9 Å². The van der Waals surface area contributed by atoms with Gasteiger partial charge in [0.05, 0.1) is 19.6 Å². The Morgan fingerprint density at radius 1 is 1.31 bits per heavy atom. The average molecular weight is 215 g/mol. The summed E-state index contributed by atoms with van der Waals surface area (Å²) in [5, 5.41) is 0. The van der Waals surface area contributed by atoms with Gasteiger partial charge in [-0.15, -0.1) is 10.2 Å². The first-order valence-electron chi connectivity index (χ1n) is 3.96. The Bertz CT molecular complexity index is 135. The summed E-state index contributed by atoms with van der Waals surface area (Å²) in [7, 11) is -2.76. The predicted molar refractivity (Wildman–Crippen MR) is 33.9 cm³/mol. The number of halogens is 1. The summed E-state index contributed by atoms with van der Waals surface area (Å²) < 4.78 is 34.0. The van der Waals surface area contributed by atoms with Gasteiger partial charge in [0.25, 0.3) is 0 Å². The molecule has 1 heterocycles. The Labute approximate surface area is 79.7 Å². The zero-order valence-corrected chi connectivity index (χ0v) is 8.54. The van der Waals surface area contributed by atoms with E-state index in [0.717, 1.165) is 0 Å². The monoisotopic (exact) mass is 214 g/mol. The molecule has 0 saturated carbocycles. The Kier molecular flexibility index (Phi) is 5.73. The van der Waals surface area contributed by atoms with E-state index in [1.54, 1.807) is 4.90 Å². The normalized spacial score (nSPS) is 24.0. The number of nitrogens with one attached hydrogen (secondary N) is 1. The van der Waals surface area contributed by atoms with E-state index in [0.29, 0.717) is 0 Å². The van der Waals surface area contributed by atoms with Crippen molar-refractivity contribution in [2.45, 2.75) is 6.92 Å². The summed E-state index contributed by atoms with van der Waals surface area (Å²) in [6.07, 6.45) is 0. The second-order valence-corrected chi connectivity index (χ2v) is 3.73. The van der Waals surface area contributed by atoms with Crippen molar-refractivity contribution in [2.24, 2.45) is 0 Å². The molecule has 1 aliphatic rings. The zero-order chi connectivity index (χ0) is 10.5. The van der Waals surface area contributed by atoms with Gasteiger partial charge in [-0.25, -0.2) is 18.6 Å². The zero-order valence-electron chi connectivity index (χ0n) is 7.79. The molecular formula is C6H15ClN2O4. The second-order valence-electron chi connectivity index (χ2n) is 2.97. The van der Waals surface area contributed by atoms with Gasteiger partial charge < -0.3 is 4.90 Å². The van der Waals surface area contributed by atoms with Crippen LogP contribution in [0.1, 0.15) is 6.92 Å². The molecule has 1 saturated heterocycles. The van der Waals surface area contributed by atoms with Crippen LogP contribution >= 0.6 is 0 Å². The molecule has 0 aliphatic carbocycles. The van der Waals surface area contributed by atoms with Crippen molar-refractivity contribution in [3.05, 3.63) is 0 Å². The molecule has 1 fully saturated rings. The Morgan fingerprint density at radius 3 is 1.92 bits per heavy atom. The highest BCUT2D eigenvalue weighted by Crippen LogP contribution is 1.78. The van der Waals surface area contributed by atoms with Crippen molar-refractivity contribution in [1.82, 2.24) is 4.90 Å². The SMILES string of the molecule is CC[NH+]1CCN(C)C1.[O-][Cl+3]([O-])([O-])[O-]. The van der Waals surface area contributed by atoms with Crippen molar-refractivity contribution in [1.29, 1.82) is 0 Å². The highest BCUT2D eigenvalue weighted by molar-refractivity contribution is 4.47. The number of hydrogen-bond acceptors (Lipinski definition) is 5. The number of nitrogens with zero attached hydrogens (tertiary/aromatic N) is 1. The van der Waals surface area contributed by atoms with Crippen LogP contribution in [0.4, 0.5) is 0 Å². The van der Waals surface area contributed by atoms with Crippen LogP contribution in [0.25, 0.3) is 0 Å². The summed E-state index contributed by atoms with van der Waals surface area (Å²) in [6, 6.07) is 0. The second kappa shape index (κ2) is 5.71. The van der Waals surface area contributed by atoms with E-state index in [-0.39, 0.29) is 0 Å². The third-order valence-corrected chi connectivity index (χ3v) is 1.84. The standard InChI is InChI=1S/C6H14N2.ClHO4/c1-3-8-5-4-7(2)6-8;2-1(3,4)5/h3-6H2,1-2H3;(H,2,3,4,5). The third-order valence-electron chi connectivity index (χ3n) is 1.84. The minimum absolute atomic E-state index is 1.25. The number of quaternary nitrogens is 1. The molecule has 0 amide bonds. The van der Waals surface area contributed by atoms with Crippen molar-refractivity contribution in [3.63, 3.8) is 0 Å². The summed E-state index contributed by atoms with van der Waals surface area (Å²) in [6.45, 7) is 7.39. The number of rotatable bonds is 1. The number of hydrogen-bond donors (Lipinski definition) is 1. The van der Waals surface area contributed by atoms with Gasteiger partial charge in [-0.1, -0.05) is 0 Å². The van der Waals surface area contributed by atoms with E-state index in [1.807, 2.05) is 0 Å². The summed E-state index contributed by atoms with van der Waals surface area (Å²) in [5.41, 5.74) is 0. The largest absolute Gasteiger partial charge is 0.322 e. The van der Waals surface area contributed by atoms with Crippen LogP contribution in [0.5, 0.6) is 0 Å². The summed E-state index contributed by atoms with van der Waals surface area (Å²) in [4.78, 5) is 4.09. The molecule has 1 rings (SSSR count). The van der Waals surface area contributed by atoms with E-state index in [1.165, 1.54) is 26.3 Å². The van der Waals surface area contributed by atoms with Gasteiger partial charge in [0.2, 0.25) is 0 Å². The molecular weight excluding hydrogens is 200 g/mol. The maximum atomic E-state index is 8.49. The van der Waals surface area contributed by atoms with Crippen LogP contribution in [0.3, 0.4) is 0 Å². The fourth-order valence-corrected chi connectivity index (χ4v) is 1.18. The molecule has 0 aromatic heterocycles. The van der Waals surface area contributed by atoms with Gasteiger partial charge in [-0.2, -0.15) is 0 Å². The van der Waals surface area contributed by atoms with Crippen LogP contribution in [0.2, 0.25) is 0 Å². The fraction of sp³-hybridized carbons (Fsp3) is 1.00. The van der Waals surface area contributed by atoms with E-state index in [2.05, 4.69) is 18.9 Å². The molecule has 13 heavy (non-hydrogen) atoms. The van der Waals surface area contributed by atoms with Gasteiger partial charge in [0.1, 0.15) is 6.67 Å². The molecule has 80 valence electrons. The fourth-order valence-electron chi connectivity index (χ4n) is 1.18. The van der Waals surface area contributed by atoms with Crippen LogP contribution < -0.4 is 23.5 Å². The van der Waals surface area contributed by atoms with E-state index in [9.17, 15) is 0 Å². The lowest BCUT2D eigenvalue weighted by atomic mass is 10.6. The maximum absolute atomic E-state index is 8.49. The van der Waals surface area contributed by atoms with E-state index in [4.69, 9.17) is 18.6 Å². The van der Waals surface area contributed by atoms with Crippen molar-refractivity contribution in [2.75, 3.05) is 33.4 Å². The molecule has 0 spiro atoms. The highest BCUT2D eigenvalue weighted by Gasteiger charge is 2.16. The smallest absolute Gasteiger partial charge is 0.133 e. The molecule has 7 heteroatoms. The predicted octanol–water partition coefficient (Wildman–Crippen LogP) is -5.96. The molecule has 1 N–H and O–H groups in total. The lowest BCUT2D eigenvalue weighted by Gasteiger charge is -2.17. The lowest BCUT2D eigenvalue weighted by molar-refractivity contribution is -2.00. The quantitative estimate of drug-likeness (QED) is 0.469. The summed E-state index contributed by atoms with van der Waals surface area (Å²) >= 11 is 0. The molecule has 0 radical (unpaired) electrons. The first-order chi connectivity index (χ1) is 5.83. The highest BCUT2D eigenvalue weighted by atomic mass is 35.7. The first kappa shape index (κ1) is 13.1. The Balaban J connectivity index is 0.000000252.